The van der Waals surface area contributed by atoms with E-state index >= 15 is 0 Å². The Balaban J connectivity index is 0.00000108. The van der Waals surface area contributed by atoms with Gasteiger partial charge >= 0.3 is 0 Å². The molecule has 0 aliphatic rings. The summed E-state index contributed by atoms with van der Waals surface area (Å²) in [5.74, 6) is 1.17. The van der Waals surface area contributed by atoms with Crippen LogP contribution in [-0.4, -0.2) is 19.9 Å². The van der Waals surface area contributed by atoms with Crippen molar-refractivity contribution in [1.29, 1.82) is 0 Å². The quantitative estimate of drug-likeness (QED) is 0.689. The fourth-order valence-electron chi connectivity index (χ4n) is 1.58. The average molecular weight is 248 g/mol. The molecular formula is C11H10ClN5. The zero-order valence-electron chi connectivity index (χ0n) is 8.79. The number of nitrogen functional groups attached to an aromatic ring is 1. The van der Waals surface area contributed by atoms with Crippen molar-refractivity contribution in [3.8, 4) is 11.4 Å². The molecule has 0 aliphatic heterocycles. The zero-order chi connectivity index (χ0) is 11.0. The first-order valence-electron chi connectivity index (χ1n) is 4.86. The van der Waals surface area contributed by atoms with Gasteiger partial charge in [-0.05, 0) is 0 Å². The first-order valence-corrected chi connectivity index (χ1v) is 4.86. The number of aromatic nitrogens is 4. The van der Waals surface area contributed by atoms with Crippen LogP contribution >= 0.6 is 12.4 Å². The second kappa shape index (κ2) is 4.39. The van der Waals surface area contributed by atoms with E-state index in [1.807, 2.05) is 30.3 Å². The molecule has 3 aromatic rings. The van der Waals surface area contributed by atoms with Crippen LogP contribution in [0, 0.1) is 0 Å². The van der Waals surface area contributed by atoms with Crippen LogP contribution < -0.4 is 5.73 Å². The van der Waals surface area contributed by atoms with Gasteiger partial charge < -0.3 is 10.7 Å². The van der Waals surface area contributed by atoms with Crippen LogP contribution in [0.5, 0.6) is 0 Å². The minimum absolute atomic E-state index is 0. The van der Waals surface area contributed by atoms with Crippen LogP contribution in [-0.2, 0) is 0 Å². The molecular weight excluding hydrogens is 238 g/mol. The van der Waals surface area contributed by atoms with Gasteiger partial charge in [0.15, 0.2) is 11.5 Å². The Kier molecular flexibility index (Phi) is 2.93. The molecule has 6 heteroatoms. The van der Waals surface area contributed by atoms with E-state index in [0.717, 1.165) is 11.4 Å². The summed E-state index contributed by atoms with van der Waals surface area (Å²) in [5.41, 5.74) is 8.00. The Morgan fingerprint density at radius 3 is 2.53 bits per heavy atom. The molecule has 0 radical (unpaired) electrons. The molecule has 0 spiro atoms. The van der Waals surface area contributed by atoms with E-state index in [1.165, 1.54) is 6.33 Å². The third-order valence-corrected chi connectivity index (χ3v) is 2.36. The second-order valence-corrected chi connectivity index (χ2v) is 3.41. The lowest BCUT2D eigenvalue weighted by Crippen LogP contribution is -1.91. The van der Waals surface area contributed by atoms with Crippen LogP contribution in [0.1, 0.15) is 0 Å². The van der Waals surface area contributed by atoms with Gasteiger partial charge in [-0.15, -0.1) is 12.4 Å². The number of nitrogens with two attached hydrogens (primary N) is 1. The van der Waals surface area contributed by atoms with Crippen molar-refractivity contribution in [1.82, 2.24) is 19.9 Å². The van der Waals surface area contributed by atoms with E-state index in [-0.39, 0.29) is 12.4 Å². The number of nitrogens with one attached hydrogen (secondary N) is 1. The fraction of sp³-hybridized carbons (Fsp3) is 0. The largest absolute Gasteiger partial charge is 0.382 e. The van der Waals surface area contributed by atoms with Crippen LogP contribution in [0.3, 0.4) is 0 Å². The summed E-state index contributed by atoms with van der Waals surface area (Å²) in [5, 5.41) is 0. The smallest absolute Gasteiger partial charge is 0.183 e. The molecule has 0 atom stereocenters. The highest BCUT2D eigenvalue weighted by Gasteiger charge is 2.08. The number of aromatic amines is 1. The number of rotatable bonds is 1. The maximum absolute atomic E-state index is 5.73. The number of nitrogens with zero attached hydrogens (tertiary/aromatic N) is 3. The summed E-state index contributed by atoms with van der Waals surface area (Å²) in [6, 6.07) is 9.82. The average Bonchev–Trinajstić information content (AvgIpc) is 2.76. The SMILES string of the molecule is Cl.Nc1ncnc2nc(-c3ccccc3)[nH]c12. The normalized spacial score (nSPS) is 10.1. The van der Waals surface area contributed by atoms with Gasteiger partial charge in [-0.25, -0.2) is 15.0 Å². The fourth-order valence-corrected chi connectivity index (χ4v) is 1.58. The maximum atomic E-state index is 5.73. The monoisotopic (exact) mass is 247 g/mol. The van der Waals surface area contributed by atoms with E-state index < -0.39 is 0 Å². The molecule has 3 rings (SSSR count). The van der Waals surface area contributed by atoms with E-state index in [9.17, 15) is 0 Å². The van der Waals surface area contributed by atoms with Crippen LogP contribution in [0.2, 0.25) is 0 Å². The topological polar surface area (TPSA) is 80.5 Å². The summed E-state index contributed by atoms with van der Waals surface area (Å²) in [4.78, 5) is 15.4. The van der Waals surface area contributed by atoms with Gasteiger partial charge in [0, 0.05) is 5.56 Å². The van der Waals surface area contributed by atoms with Crippen molar-refractivity contribution in [2.45, 2.75) is 0 Å². The van der Waals surface area contributed by atoms with Crippen LogP contribution in [0.25, 0.3) is 22.6 Å². The Bertz CT molecular complexity index is 635. The Hall–Kier alpha value is -2.14. The van der Waals surface area contributed by atoms with Crippen molar-refractivity contribution in [3.63, 3.8) is 0 Å². The summed E-state index contributed by atoms with van der Waals surface area (Å²) in [6.07, 6.45) is 1.41. The van der Waals surface area contributed by atoms with Gasteiger partial charge in [-0.3, -0.25) is 0 Å². The summed E-state index contributed by atoms with van der Waals surface area (Å²) in [7, 11) is 0. The molecule has 5 nitrogen and oxygen atoms in total. The predicted octanol–water partition coefficient (Wildman–Crippen LogP) is 2.02. The molecule has 0 aliphatic carbocycles. The van der Waals surface area contributed by atoms with Gasteiger partial charge in [0.05, 0.1) is 0 Å². The number of imidazole rings is 1. The third-order valence-electron chi connectivity index (χ3n) is 2.36. The number of hydrogen-bond donors (Lipinski definition) is 2. The lowest BCUT2D eigenvalue weighted by atomic mass is 10.2. The van der Waals surface area contributed by atoms with Gasteiger partial charge in [-0.1, -0.05) is 30.3 Å². The predicted molar refractivity (Wildman–Crippen MR) is 68.8 cm³/mol. The second-order valence-electron chi connectivity index (χ2n) is 3.41. The third kappa shape index (κ3) is 1.92. The molecule has 0 fully saturated rings. The van der Waals surface area contributed by atoms with E-state index in [0.29, 0.717) is 17.0 Å². The summed E-state index contributed by atoms with van der Waals surface area (Å²) in [6.45, 7) is 0. The number of H-pyrrole nitrogens is 1. The van der Waals surface area contributed by atoms with Crippen molar-refractivity contribution in [3.05, 3.63) is 36.7 Å². The van der Waals surface area contributed by atoms with Crippen LogP contribution in [0.15, 0.2) is 36.7 Å². The summed E-state index contributed by atoms with van der Waals surface area (Å²) < 4.78 is 0. The van der Waals surface area contributed by atoms with Crippen molar-refractivity contribution in [2.24, 2.45) is 0 Å². The summed E-state index contributed by atoms with van der Waals surface area (Å²) >= 11 is 0. The standard InChI is InChI=1S/C11H9N5.ClH/c12-9-8-11(14-6-13-9)16-10(15-8)7-4-2-1-3-5-7;/h1-6H,(H3,12,13,14,15,16);1H. The number of benzene rings is 1. The number of halogens is 1. The molecule has 0 saturated heterocycles. The highest BCUT2D eigenvalue weighted by Crippen LogP contribution is 2.20. The highest BCUT2D eigenvalue weighted by molar-refractivity contribution is 5.85. The zero-order valence-corrected chi connectivity index (χ0v) is 9.61. The Morgan fingerprint density at radius 2 is 1.82 bits per heavy atom. The van der Waals surface area contributed by atoms with Gasteiger partial charge in [0.25, 0.3) is 0 Å². The van der Waals surface area contributed by atoms with E-state index in [1.54, 1.807) is 0 Å². The molecule has 3 N–H and O–H groups in total. The van der Waals surface area contributed by atoms with E-state index in [4.69, 9.17) is 5.73 Å². The van der Waals surface area contributed by atoms with E-state index in [2.05, 4.69) is 19.9 Å². The first-order chi connectivity index (χ1) is 7.84. The number of anilines is 1. The highest BCUT2D eigenvalue weighted by atomic mass is 35.5. The number of hydrogen-bond acceptors (Lipinski definition) is 4. The maximum Gasteiger partial charge on any atom is 0.183 e. The molecule has 0 bridgehead atoms. The molecule has 0 unspecified atom stereocenters. The van der Waals surface area contributed by atoms with Crippen molar-refractivity contribution < 1.29 is 0 Å². The van der Waals surface area contributed by atoms with Crippen molar-refractivity contribution >= 4 is 29.4 Å². The minimum Gasteiger partial charge on any atom is -0.382 e. The molecule has 2 heterocycles. The van der Waals surface area contributed by atoms with Gasteiger partial charge in [-0.2, -0.15) is 0 Å². The van der Waals surface area contributed by atoms with Crippen LogP contribution in [0.4, 0.5) is 5.82 Å². The molecule has 2 aromatic heterocycles. The van der Waals surface area contributed by atoms with Gasteiger partial charge in [0.1, 0.15) is 17.7 Å². The Labute approximate surface area is 104 Å². The molecule has 0 amide bonds. The lowest BCUT2D eigenvalue weighted by molar-refractivity contribution is 1.21. The number of fused-ring (bicyclic) bond motifs is 1. The minimum atomic E-state index is 0. The molecule has 86 valence electrons. The van der Waals surface area contributed by atoms with Crippen molar-refractivity contribution in [2.75, 3.05) is 5.73 Å². The molecule has 1 aromatic carbocycles. The Morgan fingerprint density at radius 1 is 1.06 bits per heavy atom. The molecule has 17 heavy (non-hydrogen) atoms. The lowest BCUT2D eigenvalue weighted by Gasteiger charge is -1.93. The first kappa shape index (κ1) is 11.3. The molecule has 0 saturated carbocycles. The van der Waals surface area contributed by atoms with Gasteiger partial charge in [0.2, 0.25) is 0 Å².